The molecule has 0 saturated heterocycles. The Balaban J connectivity index is 2.02. The number of ether oxygens (including phenoxy) is 2. The predicted molar refractivity (Wildman–Crippen MR) is 64.3 cm³/mol. The maximum Gasteiger partial charge on any atom is 0.313 e. The van der Waals surface area contributed by atoms with Gasteiger partial charge in [-0.15, -0.1) is 0 Å². The highest BCUT2D eigenvalue weighted by atomic mass is 35.5. The van der Waals surface area contributed by atoms with Gasteiger partial charge in [0.05, 0.1) is 5.92 Å². The van der Waals surface area contributed by atoms with E-state index in [-0.39, 0.29) is 6.61 Å². The summed E-state index contributed by atoms with van der Waals surface area (Å²) in [6, 6.07) is 5.25. The number of nitrogens with two attached hydrogens (primary N) is 1. The van der Waals surface area contributed by atoms with E-state index >= 15 is 0 Å². The number of benzene rings is 1. The van der Waals surface area contributed by atoms with E-state index in [9.17, 15) is 9.59 Å². The normalized spacial score (nSPS) is 17.5. The Bertz CT molecular complexity index is 489. The van der Waals surface area contributed by atoms with Gasteiger partial charge in [-0.2, -0.15) is 0 Å². The van der Waals surface area contributed by atoms with Crippen molar-refractivity contribution in [2.24, 2.45) is 11.7 Å². The molecule has 96 valence electrons. The van der Waals surface area contributed by atoms with Crippen LogP contribution in [0.2, 0.25) is 5.02 Å². The summed E-state index contributed by atoms with van der Waals surface area (Å²) >= 11 is 5.87. The number of hydrogen-bond acceptors (Lipinski definition) is 4. The highest BCUT2D eigenvalue weighted by Crippen LogP contribution is 2.30. The number of fused-ring (bicyclic) bond motifs is 1. The molecule has 1 aromatic rings. The first kappa shape index (κ1) is 12.7. The number of amides is 1. The van der Waals surface area contributed by atoms with E-state index < -0.39 is 24.4 Å². The molecule has 1 heterocycles. The summed E-state index contributed by atoms with van der Waals surface area (Å²) in [5.41, 5.74) is 5.76. The fourth-order valence-corrected chi connectivity index (χ4v) is 1.97. The molecule has 18 heavy (non-hydrogen) atoms. The molecule has 1 atom stereocenters. The second-order valence-electron chi connectivity index (χ2n) is 4.04. The number of esters is 1. The summed E-state index contributed by atoms with van der Waals surface area (Å²) in [6.07, 6.45) is 0.480. The molecule has 0 bridgehead atoms. The van der Waals surface area contributed by atoms with Gasteiger partial charge in [0.1, 0.15) is 12.4 Å². The van der Waals surface area contributed by atoms with Crippen LogP contribution in [0.1, 0.15) is 5.56 Å². The molecule has 2 N–H and O–H groups in total. The van der Waals surface area contributed by atoms with Crippen LogP contribution in [0, 0.1) is 5.92 Å². The highest BCUT2D eigenvalue weighted by Gasteiger charge is 2.27. The van der Waals surface area contributed by atoms with Gasteiger partial charge in [-0.25, -0.2) is 0 Å². The summed E-state index contributed by atoms with van der Waals surface area (Å²) in [4.78, 5) is 22.2. The predicted octanol–water partition coefficient (Wildman–Crippen LogP) is 0.920. The van der Waals surface area contributed by atoms with E-state index in [0.29, 0.717) is 11.4 Å². The van der Waals surface area contributed by atoms with Gasteiger partial charge in [0, 0.05) is 5.02 Å². The van der Waals surface area contributed by atoms with Crippen molar-refractivity contribution in [2.45, 2.75) is 6.42 Å². The van der Waals surface area contributed by atoms with Gasteiger partial charge >= 0.3 is 5.97 Å². The minimum absolute atomic E-state index is 0.228. The lowest BCUT2D eigenvalue weighted by molar-refractivity contribution is -0.153. The van der Waals surface area contributed by atoms with Crippen molar-refractivity contribution in [1.82, 2.24) is 0 Å². The van der Waals surface area contributed by atoms with E-state index in [1.807, 2.05) is 0 Å². The van der Waals surface area contributed by atoms with Crippen molar-refractivity contribution in [2.75, 3.05) is 13.2 Å². The Morgan fingerprint density at radius 1 is 1.50 bits per heavy atom. The molecule has 0 aliphatic carbocycles. The van der Waals surface area contributed by atoms with Gasteiger partial charge in [-0.1, -0.05) is 11.6 Å². The first-order chi connectivity index (χ1) is 8.56. The lowest BCUT2D eigenvalue weighted by Gasteiger charge is -2.23. The van der Waals surface area contributed by atoms with Gasteiger partial charge in [0.25, 0.3) is 5.91 Å². The zero-order valence-electron chi connectivity index (χ0n) is 9.52. The van der Waals surface area contributed by atoms with Gasteiger partial charge in [-0.05, 0) is 30.2 Å². The number of rotatable bonds is 3. The fourth-order valence-electron chi connectivity index (χ4n) is 1.77. The van der Waals surface area contributed by atoms with Gasteiger partial charge < -0.3 is 15.2 Å². The zero-order valence-corrected chi connectivity index (χ0v) is 10.3. The molecule has 0 radical (unpaired) electrons. The van der Waals surface area contributed by atoms with Crippen molar-refractivity contribution in [3.8, 4) is 5.75 Å². The van der Waals surface area contributed by atoms with Crippen molar-refractivity contribution in [1.29, 1.82) is 0 Å². The van der Waals surface area contributed by atoms with E-state index in [2.05, 4.69) is 0 Å². The van der Waals surface area contributed by atoms with Crippen LogP contribution in [0.15, 0.2) is 18.2 Å². The fraction of sp³-hybridized carbons (Fsp3) is 0.333. The molecule has 0 fully saturated rings. The van der Waals surface area contributed by atoms with Crippen LogP contribution < -0.4 is 10.5 Å². The maximum atomic E-state index is 11.7. The lowest BCUT2D eigenvalue weighted by Crippen LogP contribution is -2.32. The summed E-state index contributed by atoms with van der Waals surface area (Å²) in [5.74, 6) is -0.878. The Hall–Kier alpha value is -1.75. The quantitative estimate of drug-likeness (QED) is 0.828. The molecular weight excluding hydrogens is 258 g/mol. The number of carbonyl (C=O) groups excluding carboxylic acids is 2. The number of primary amides is 1. The van der Waals surface area contributed by atoms with Gasteiger partial charge in [0.15, 0.2) is 6.61 Å². The number of hydrogen-bond donors (Lipinski definition) is 1. The van der Waals surface area contributed by atoms with Crippen LogP contribution in [0.25, 0.3) is 0 Å². The SMILES string of the molecule is NC(=O)COC(=O)[C@@H]1COc2ccc(Cl)cc2C1. The number of carbonyl (C=O) groups is 2. The van der Waals surface area contributed by atoms with E-state index in [0.717, 1.165) is 11.3 Å². The molecule has 1 aliphatic heterocycles. The Kier molecular flexibility index (Phi) is 3.72. The number of halogens is 1. The Morgan fingerprint density at radius 2 is 2.28 bits per heavy atom. The molecule has 1 aliphatic rings. The minimum Gasteiger partial charge on any atom is -0.492 e. The molecule has 0 saturated carbocycles. The van der Waals surface area contributed by atoms with Crippen molar-refractivity contribution < 1.29 is 19.1 Å². The summed E-state index contributed by atoms with van der Waals surface area (Å²) in [7, 11) is 0. The first-order valence-electron chi connectivity index (χ1n) is 5.42. The first-order valence-corrected chi connectivity index (χ1v) is 5.80. The average molecular weight is 270 g/mol. The molecular formula is C12H12ClNO4. The van der Waals surface area contributed by atoms with Crippen LogP contribution >= 0.6 is 11.6 Å². The van der Waals surface area contributed by atoms with Crippen LogP contribution in [0.4, 0.5) is 0 Å². The monoisotopic (exact) mass is 269 g/mol. The standard InChI is InChI=1S/C12H12ClNO4/c13-9-1-2-10-7(4-9)3-8(5-17-10)12(16)18-6-11(14)15/h1-2,4,8H,3,5-6H2,(H2,14,15)/t8-/m0/s1. The van der Waals surface area contributed by atoms with Crippen molar-refractivity contribution >= 4 is 23.5 Å². The lowest BCUT2D eigenvalue weighted by atomic mass is 9.97. The molecule has 0 spiro atoms. The van der Waals surface area contributed by atoms with E-state index in [1.165, 1.54) is 0 Å². The van der Waals surface area contributed by atoms with E-state index in [1.54, 1.807) is 18.2 Å². The Labute approximate surface area is 109 Å². The molecule has 6 heteroatoms. The molecule has 0 unspecified atom stereocenters. The summed E-state index contributed by atoms with van der Waals surface area (Å²) in [6.45, 7) is -0.177. The second-order valence-corrected chi connectivity index (χ2v) is 4.47. The van der Waals surface area contributed by atoms with Gasteiger partial charge in [-0.3, -0.25) is 9.59 Å². The average Bonchev–Trinajstić information content (AvgIpc) is 2.34. The third kappa shape index (κ3) is 2.92. The third-order valence-electron chi connectivity index (χ3n) is 2.62. The zero-order chi connectivity index (χ0) is 13.1. The molecule has 0 aromatic heterocycles. The molecule has 2 rings (SSSR count). The molecule has 1 aromatic carbocycles. The van der Waals surface area contributed by atoms with Crippen LogP contribution in [-0.4, -0.2) is 25.1 Å². The maximum absolute atomic E-state index is 11.7. The van der Waals surface area contributed by atoms with Crippen LogP contribution in [-0.2, 0) is 20.7 Å². The van der Waals surface area contributed by atoms with Gasteiger partial charge in [0.2, 0.25) is 0 Å². The smallest absolute Gasteiger partial charge is 0.313 e. The second kappa shape index (κ2) is 5.27. The summed E-state index contributed by atoms with van der Waals surface area (Å²) < 4.78 is 10.2. The van der Waals surface area contributed by atoms with Crippen LogP contribution in [0.5, 0.6) is 5.75 Å². The minimum atomic E-state index is -0.677. The third-order valence-corrected chi connectivity index (χ3v) is 2.85. The topological polar surface area (TPSA) is 78.6 Å². The van der Waals surface area contributed by atoms with E-state index in [4.69, 9.17) is 26.8 Å². The largest absolute Gasteiger partial charge is 0.492 e. The highest BCUT2D eigenvalue weighted by molar-refractivity contribution is 6.30. The molecule has 5 nitrogen and oxygen atoms in total. The Morgan fingerprint density at radius 3 is 3.00 bits per heavy atom. The van der Waals surface area contributed by atoms with Crippen molar-refractivity contribution in [3.05, 3.63) is 28.8 Å². The summed E-state index contributed by atoms with van der Waals surface area (Å²) in [5, 5.41) is 0.587. The molecule has 1 amide bonds. The van der Waals surface area contributed by atoms with Crippen molar-refractivity contribution in [3.63, 3.8) is 0 Å². The van der Waals surface area contributed by atoms with Crippen LogP contribution in [0.3, 0.4) is 0 Å².